The second-order valence-electron chi connectivity index (χ2n) is 10.6. The van der Waals surface area contributed by atoms with Crippen LogP contribution in [0.1, 0.15) is 49.0 Å². The van der Waals surface area contributed by atoms with E-state index in [9.17, 15) is 18.0 Å². The van der Waals surface area contributed by atoms with Gasteiger partial charge in [0, 0.05) is 30.8 Å². The Balaban J connectivity index is 0.000000532. The number of likely N-dealkylation sites (tertiary alicyclic amines) is 2. The Morgan fingerprint density at radius 3 is 2.15 bits per heavy atom. The Morgan fingerprint density at radius 1 is 1.00 bits per heavy atom. The number of halogens is 3. The summed E-state index contributed by atoms with van der Waals surface area (Å²) in [6, 6.07) is 15.9. The van der Waals surface area contributed by atoms with Crippen molar-refractivity contribution in [2.45, 2.75) is 45.8 Å². The van der Waals surface area contributed by atoms with Gasteiger partial charge >= 0.3 is 12.1 Å². The number of amides is 1. The second-order valence-corrected chi connectivity index (χ2v) is 10.6. The third kappa shape index (κ3) is 8.61. The van der Waals surface area contributed by atoms with Gasteiger partial charge in [-0.05, 0) is 74.0 Å². The number of aliphatic carboxylic acids is 1. The molecule has 214 valence electrons. The van der Waals surface area contributed by atoms with Crippen molar-refractivity contribution in [3.05, 3.63) is 59.7 Å². The fourth-order valence-corrected chi connectivity index (χ4v) is 4.89. The number of methoxy groups -OCH3 is 1. The first-order valence-corrected chi connectivity index (χ1v) is 13.1. The fourth-order valence-electron chi connectivity index (χ4n) is 4.89. The normalized spacial score (nSPS) is 17.1. The van der Waals surface area contributed by atoms with Gasteiger partial charge in [0.05, 0.1) is 13.7 Å². The number of hydrogen-bond acceptors (Lipinski definition) is 5. The molecule has 0 aliphatic carbocycles. The summed E-state index contributed by atoms with van der Waals surface area (Å²) < 4.78 is 43.0. The molecule has 0 bridgehead atoms. The van der Waals surface area contributed by atoms with E-state index in [1.807, 2.05) is 29.2 Å². The lowest BCUT2D eigenvalue weighted by Crippen LogP contribution is -2.42. The average Bonchev–Trinajstić information content (AvgIpc) is 3.32. The first kappa shape index (κ1) is 30.3. The highest BCUT2D eigenvalue weighted by Gasteiger charge is 2.42. The van der Waals surface area contributed by atoms with E-state index in [-0.39, 0.29) is 11.3 Å². The monoisotopic (exact) mass is 550 g/mol. The summed E-state index contributed by atoms with van der Waals surface area (Å²) in [6.07, 6.45) is -1.68. The van der Waals surface area contributed by atoms with Crippen LogP contribution in [0, 0.1) is 11.3 Å². The Bertz CT molecular complexity index is 1100. The molecule has 2 fully saturated rings. The molecule has 2 aliphatic rings. The Hall–Kier alpha value is -3.27. The maximum atomic E-state index is 13.0. The number of para-hydroxylation sites is 1. The van der Waals surface area contributed by atoms with Crippen molar-refractivity contribution in [2.24, 2.45) is 11.3 Å². The number of ether oxygens (including phenoxy) is 2. The van der Waals surface area contributed by atoms with Crippen LogP contribution in [0.3, 0.4) is 0 Å². The molecule has 2 aromatic carbocycles. The number of nitrogens with zero attached hydrogens (tertiary/aromatic N) is 2. The maximum absolute atomic E-state index is 13.0. The lowest BCUT2D eigenvalue weighted by Gasteiger charge is -2.39. The zero-order valence-electron chi connectivity index (χ0n) is 22.7. The number of hydrogen-bond donors (Lipinski definition) is 1. The van der Waals surface area contributed by atoms with Gasteiger partial charge in [-0.1, -0.05) is 32.0 Å². The molecule has 1 spiro atoms. The first-order valence-electron chi connectivity index (χ1n) is 13.1. The molecule has 0 unspecified atom stereocenters. The summed E-state index contributed by atoms with van der Waals surface area (Å²) in [5.74, 6) is -0.305. The molecule has 7 nitrogen and oxygen atoms in total. The summed E-state index contributed by atoms with van der Waals surface area (Å²) in [4.78, 5) is 26.5. The van der Waals surface area contributed by atoms with Gasteiger partial charge in [-0.15, -0.1) is 0 Å². The number of alkyl halides is 3. The molecule has 0 radical (unpaired) electrons. The molecule has 0 atom stereocenters. The third-order valence-corrected chi connectivity index (χ3v) is 7.16. The largest absolute Gasteiger partial charge is 0.497 e. The van der Waals surface area contributed by atoms with Crippen LogP contribution in [-0.4, -0.2) is 72.9 Å². The molecule has 1 N–H and O–H groups in total. The molecule has 1 amide bonds. The maximum Gasteiger partial charge on any atom is 0.490 e. The minimum Gasteiger partial charge on any atom is -0.497 e. The van der Waals surface area contributed by atoms with Crippen molar-refractivity contribution in [1.82, 2.24) is 9.80 Å². The predicted molar refractivity (Wildman–Crippen MR) is 141 cm³/mol. The van der Waals surface area contributed by atoms with Crippen molar-refractivity contribution in [3.8, 4) is 11.5 Å². The molecule has 0 saturated carbocycles. The molecular weight excluding hydrogens is 513 g/mol. The Labute approximate surface area is 227 Å². The van der Waals surface area contributed by atoms with Crippen molar-refractivity contribution >= 4 is 11.9 Å². The standard InChI is InChI=1S/C27H36N2O3.C2HF3O2/c1-21(2)19-32-25-7-5-4-6-23(25)18-28-15-12-27(13-16-28)14-17-29(20-27)26(30)22-8-10-24(31-3)11-9-22;3-2(4,5)1(6)7/h4-11,21H,12-20H2,1-3H3;(H,6,7). The van der Waals surface area contributed by atoms with Gasteiger partial charge in [-0.3, -0.25) is 9.69 Å². The van der Waals surface area contributed by atoms with E-state index in [1.165, 1.54) is 5.56 Å². The van der Waals surface area contributed by atoms with Crippen LogP contribution >= 0.6 is 0 Å². The smallest absolute Gasteiger partial charge is 0.490 e. The molecule has 39 heavy (non-hydrogen) atoms. The van der Waals surface area contributed by atoms with E-state index in [0.717, 1.165) is 75.7 Å². The molecule has 10 heteroatoms. The van der Waals surface area contributed by atoms with Gasteiger partial charge < -0.3 is 19.5 Å². The minimum absolute atomic E-state index is 0.142. The van der Waals surface area contributed by atoms with E-state index in [4.69, 9.17) is 19.4 Å². The number of carbonyl (C=O) groups is 2. The van der Waals surface area contributed by atoms with Gasteiger partial charge in [-0.25, -0.2) is 4.79 Å². The highest BCUT2D eigenvalue weighted by molar-refractivity contribution is 5.94. The molecule has 0 aromatic heterocycles. The minimum atomic E-state index is -5.08. The van der Waals surface area contributed by atoms with Gasteiger partial charge in [0.15, 0.2) is 0 Å². The van der Waals surface area contributed by atoms with Crippen molar-refractivity contribution < 1.29 is 37.3 Å². The highest BCUT2D eigenvalue weighted by atomic mass is 19.4. The summed E-state index contributed by atoms with van der Waals surface area (Å²) in [6.45, 7) is 9.91. The van der Waals surface area contributed by atoms with Crippen LogP contribution in [0.25, 0.3) is 0 Å². The zero-order chi connectivity index (χ0) is 28.6. The van der Waals surface area contributed by atoms with Gasteiger partial charge in [0.1, 0.15) is 11.5 Å². The van der Waals surface area contributed by atoms with Crippen molar-refractivity contribution in [2.75, 3.05) is 39.9 Å². The number of carbonyl (C=O) groups excluding carboxylic acids is 1. The lowest BCUT2D eigenvalue weighted by molar-refractivity contribution is -0.192. The van der Waals surface area contributed by atoms with Crippen LogP contribution < -0.4 is 9.47 Å². The number of rotatable bonds is 7. The van der Waals surface area contributed by atoms with E-state index in [0.29, 0.717) is 5.92 Å². The molecule has 2 aliphatic heterocycles. The molecule has 4 rings (SSSR count). The third-order valence-electron chi connectivity index (χ3n) is 7.16. The van der Waals surface area contributed by atoms with Crippen LogP contribution in [0.5, 0.6) is 11.5 Å². The summed E-state index contributed by atoms with van der Waals surface area (Å²) in [7, 11) is 1.64. The number of carboxylic acids is 1. The van der Waals surface area contributed by atoms with Gasteiger partial charge in [-0.2, -0.15) is 13.2 Å². The zero-order valence-corrected chi connectivity index (χ0v) is 22.7. The van der Waals surface area contributed by atoms with Crippen molar-refractivity contribution in [1.29, 1.82) is 0 Å². The SMILES string of the molecule is COc1ccc(C(=O)N2CCC3(CCN(Cc4ccccc4OCC(C)C)CC3)C2)cc1.O=C(O)C(F)(F)F. The summed E-state index contributed by atoms with van der Waals surface area (Å²) in [5, 5.41) is 7.12. The number of benzene rings is 2. The highest BCUT2D eigenvalue weighted by Crippen LogP contribution is 2.41. The molecule has 2 heterocycles. The Morgan fingerprint density at radius 2 is 1.59 bits per heavy atom. The number of carboxylic acid groups (broad SMARTS) is 1. The van der Waals surface area contributed by atoms with Crippen molar-refractivity contribution in [3.63, 3.8) is 0 Å². The fraction of sp³-hybridized carbons (Fsp3) is 0.517. The average molecular weight is 551 g/mol. The van der Waals surface area contributed by atoms with Crippen LogP contribution in [0.2, 0.25) is 0 Å². The van der Waals surface area contributed by atoms with Crippen LogP contribution in [0.15, 0.2) is 48.5 Å². The van der Waals surface area contributed by atoms with Gasteiger partial charge in [0.25, 0.3) is 5.91 Å². The Kier molecular flexibility index (Phi) is 10.2. The second kappa shape index (κ2) is 13.2. The quantitative estimate of drug-likeness (QED) is 0.491. The van der Waals surface area contributed by atoms with Crippen LogP contribution in [-0.2, 0) is 11.3 Å². The van der Waals surface area contributed by atoms with E-state index < -0.39 is 12.1 Å². The van der Waals surface area contributed by atoms with Gasteiger partial charge in [0.2, 0.25) is 0 Å². The van der Waals surface area contributed by atoms with Crippen LogP contribution in [0.4, 0.5) is 13.2 Å². The topological polar surface area (TPSA) is 79.3 Å². The molecule has 2 saturated heterocycles. The predicted octanol–water partition coefficient (Wildman–Crippen LogP) is 5.49. The summed E-state index contributed by atoms with van der Waals surface area (Å²) in [5.41, 5.74) is 2.29. The van der Waals surface area contributed by atoms with E-state index in [1.54, 1.807) is 7.11 Å². The van der Waals surface area contributed by atoms with E-state index in [2.05, 4.69) is 43.0 Å². The van der Waals surface area contributed by atoms with E-state index >= 15 is 0 Å². The molecule has 2 aromatic rings. The summed E-state index contributed by atoms with van der Waals surface area (Å²) >= 11 is 0. The lowest BCUT2D eigenvalue weighted by atomic mass is 9.77. The first-order chi connectivity index (χ1) is 18.4. The number of piperidine rings is 1. The molecular formula is C29H37F3N2O5.